The summed E-state index contributed by atoms with van der Waals surface area (Å²) in [6, 6.07) is 0. The number of carbonyl (C=O) groups is 1. The summed E-state index contributed by atoms with van der Waals surface area (Å²) < 4.78 is 9.87. The van der Waals surface area contributed by atoms with E-state index in [9.17, 15) is 4.79 Å². The molecule has 0 spiro atoms. The molecule has 0 N–H and O–H groups in total. The van der Waals surface area contributed by atoms with E-state index in [0.29, 0.717) is 6.61 Å². The molecule has 0 amide bonds. The molecule has 68 valence electrons. The van der Waals surface area contributed by atoms with E-state index >= 15 is 0 Å². The Hall–Kier alpha value is -0.830. The Bertz CT molecular complexity index is 192. The Morgan fingerprint density at radius 1 is 1.75 bits per heavy atom. The van der Waals surface area contributed by atoms with Gasteiger partial charge in [0, 0.05) is 12.5 Å². The van der Waals surface area contributed by atoms with Crippen LogP contribution >= 0.6 is 0 Å². The lowest BCUT2D eigenvalue weighted by molar-refractivity contribution is -0.212. The van der Waals surface area contributed by atoms with Gasteiger partial charge in [0.15, 0.2) is 0 Å². The third kappa shape index (κ3) is 2.66. The minimum atomic E-state index is -0.293. The van der Waals surface area contributed by atoms with E-state index in [-0.39, 0.29) is 12.3 Å². The second kappa shape index (κ2) is 4.26. The number of carbonyl (C=O) groups excluding carboxylic acids is 1. The highest BCUT2D eigenvalue weighted by molar-refractivity contribution is 5.82. The van der Waals surface area contributed by atoms with Gasteiger partial charge in [-0.2, -0.15) is 0 Å². The van der Waals surface area contributed by atoms with Crippen LogP contribution in [0.15, 0.2) is 11.6 Å². The van der Waals surface area contributed by atoms with Crippen LogP contribution in [-0.2, 0) is 14.3 Å². The normalized spacial score (nSPS) is 23.2. The molecule has 0 aromatic carbocycles. The minimum absolute atomic E-state index is 0.293. The highest BCUT2D eigenvalue weighted by atomic mass is 16.7. The predicted molar refractivity (Wildman–Crippen MR) is 44.5 cm³/mol. The van der Waals surface area contributed by atoms with Gasteiger partial charge in [-0.25, -0.2) is 4.79 Å². The molecule has 12 heavy (non-hydrogen) atoms. The Morgan fingerprint density at radius 2 is 2.42 bits per heavy atom. The molecule has 0 aliphatic carbocycles. The zero-order valence-corrected chi connectivity index (χ0v) is 7.50. The average Bonchev–Trinajstić information content (AvgIpc) is 1.97. The molecule has 1 unspecified atom stereocenters. The Labute approximate surface area is 72.4 Å². The molecule has 1 aliphatic heterocycles. The molecule has 3 heteroatoms. The fraction of sp³-hybridized carbons (Fsp3) is 0.667. The number of hydrogen-bond donors (Lipinski definition) is 0. The molecule has 0 radical (unpaired) electrons. The van der Waals surface area contributed by atoms with Crippen LogP contribution in [0.2, 0.25) is 0 Å². The Kier molecular flexibility index (Phi) is 3.29. The maximum Gasteiger partial charge on any atom is 0.332 e. The summed E-state index contributed by atoms with van der Waals surface area (Å²) in [6.45, 7) is 4.61. The van der Waals surface area contributed by atoms with Crippen molar-refractivity contribution in [3.8, 4) is 0 Å². The summed E-state index contributed by atoms with van der Waals surface area (Å²) in [7, 11) is 0. The number of rotatable bonds is 3. The van der Waals surface area contributed by atoms with Gasteiger partial charge in [-0.3, -0.25) is 0 Å². The van der Waals surface area contributed by atoms with Crippen molar-refractivity contribution in [1.29, 1.82) is 0 Å². The molecule has 1 fully saturated rings. The molecule has 0 saturated carbocycles. The first-order valence-corrected chi connectivity index (χ1v) is 4.21. The summed E-state index contributed by atoms with van der Waals surface area (Å²) in [6.07, 6.45) is 2.92. The smallest absolute Gasteiger partial charge is 0.332 e. The van der Waals surface area contributed by atoms with E-state index < -0.39 is 0 Å². The van der Waals surface area contributed by atoms with E-state index in [1.54, 1.807) is 0 Å². The minimum Gasteiger partial charge on any atom is -0.433 e. The van der Waals surface area contributed by atoms with Crippen molar-refractivity contribution in [3.05, 3.63) is 11.6 Å². The van der Waals surface area contributed by atoms with Crippen LogP contribution in [-0.4, -0.2) is 18.9 Å². The van der Waals surface area contributed by atoms with Crippen molar-refractivity contribution in [2.75, 3.05) is 6.61 Å². The highest BCUT2D eigenvalue weighted by Gasteiger charge is 2.21. The zero-order valence-electron chi connectivity index (χ0n) is 7.50. The van der Waals surface area contributed by atoms with Crippen LogP contribution in [0, 0.1) is 0 Å². The van der Waals surface area contributed by atoms with Gasteiger partial charge in [-0.15, -0.1) is 0 Å². The monoisotopic (exact) mass is 170 g/mol. The molecule has 1 rings (SSSR count). The fourth-order valence-corrected chi connectivity index (χ4v) is 0.774. The summed E-state index contributed by atoms with van der Waals surface area (Å²) in [4.78, 5) is 11.0. The molecule has 1 heterocycles. The first kappa shape index (κ1) is 9.26. The molecule has 3 nitrogen and oxygen atoms in total. The maximum atomic E-state index is 11.0. The molecule has 1 aliphatic rings. The van der Waals surface area contributed by atoms with Gasteiger partial charge in [-0.1, -0.05) is 12.5 Å². The van der Waals surface area contributed by atoms with E-state index in [4.69, 9.17) is 9.47 Å². The van der Waals surface area contributed by atoms with Crippen LogP contribution in [0.1, 0.15) is 26.7 Å². The third-order valence-corrected chi connectivity index (χ3v) is 1.83. The van der Waals surface area contributed by atoms with E-state index in [2.05, 4.69) is 0 Å². The summed E-state index contributed by atoms with van der Waals surface area (Å²) in [5.74, 6) is -0.293. The molecule has 0 aromatic rings. The molecule has 0 aromatic heterocycles. The Balaban J connectivity index is 2.27. The first-order chi connectivity index (χ1) is 5.72. The predicted octanol–water partition coefficient (Wildman–Crippen LogP) is 1.63. The van der Waals surface area contributed by atoms with E-state index in [1.165, 1.54) is 6.08 Å². The number of allylic oxidation sites excluding steroid dienone is 1. The third-order valence-electron chi connectivity index (χ3n) is 1.83. The molecular formula is C9H14O3. The van der Waals surface area contributed by atoms with Gasteiger partial charge in [0.25, 0.3) is 0 Å². The molecular weight excluding hydrogens is 156 g/mol. The number of ether oxygens (including phenoxy) is 2. The first-order valence-electron chi connectivity index (χ1n) is 4.21. The fourth-order valence-electron chi connectivity index (χ4n) is 0.774. The SMILES string of the molecule is CCC(C)=CC(=O)OC1CCO1. The van der Waals surface area contributed by atoms with Crippen LogP contribution in [0.25, 0.3) is 0 Å². The summed E-state index contributed by atoms with van der Waals surface area (Å²) in [5.41, 5.74) is 1.03. The van der Waals surface area contributed by atoms with Crippen molar-refractivity contribution >= 4 is 5.97 Å². The second-order valence-electron chi connectivity index (χ2n) is 2.87. The van der Waals surface area contributed by atoms with Crippen LogP contribution in [0.5, 0.6) is 0 Å². The van der Waals surface area contributed by atoms with Crippen molar-refractivity contribution in [1.82, 2.24) is 0 Å². The van der Waals surface area contributed by atoms with Gasteiger partial charge in [0.1, 0.15) is 0 Å². The van der Waals surface area contributed by atoms with Gasteiger partial charge in [0.2, 0.25) is 6.29 Å². The van der Waals surface area contributed by atoms with Gasteiger partial charge in [-0.05, 0) is 13.3 Å². The average molecular weight is 170 g/mol. The topological polar surface area (TPSA) is 35.5 Å². The van der Waals surface area contributed by atoms with Crippen molar-refractivity contribution in [2.24, 2.45) is 0 Å². The van der Waals surface area contributed by atoms with Crippen LogP contribution < -0.4 is 0 Å². The van der Waals surface area contributed by atoms with Crippen LogP contribution in [0.3, 0.4) is 0 Å². The molecule has 1 atom stereocenters. The van der Waals surface area contributed by atoms with Gasteiger partial charge >= 0.3 is 5.97 Å². The van der Waals surface area contributed by atoms with Gasteiger partial charge in [0.05, 0.1) is 6.61 Å². The second-order valence-corrected chi connectivity index (χ2v) is 2.87. The largest absolute Gasteiger partial charge is 0.433 e. The van der Waals surface area contributed by atoms with Crippen LogP contribution in [0.4, 0.5) is 0 Å². The number of esters is 1. The molecule has 1 saturated heterocycles. The Morgan fingerprint density at radius 3 is 2.83 bits per heavy atom. The highest BCUT2D eigenvalue weighted by Crippen LogP contribution is 2.12. The van der Waals surface area contributed by atoms with Crippen molar-refractivity contribution < 1.29 is 14.3 Å². The van der Waals surface area contributed by atoms with Crippen molar-refractivity contribution in [2.45, 2.75) is 33.0 Å². The lowest BCUT2D eigenvalue weighted by atomic mass is 10.2. The standard InChI is InChI=1S/C9H14O3/c1-3-7(2)6-8(10)12-9-4-5-11-9/h6,9H,3-5H2,1-2H3. The number of hydrogen-bond acceptors (Lipinski definition) is 3. The van der Waals surface area contributed by atoms with Crippen molar-refractivity contribution in [3.63, 3.8) is 0 Å². The lowest BCUT2D eigenvalue weighted by Crippen LogP contribution is -2.31. The lowest BCUT2D eigenvalue weighted by Gasteiger charge is -2.25. The zero-order chi connectivity index (χ0) is 8.97. The van der Waals surface area contributed by atoms with Gasteiger partial charge < -0.3 is 9.47 Å². The quantitative estimate of drug-likeness (QED) is 0.477. The maximum absolute atomic E-state index is 11.0. The van der Waals surface area contributed by atoms with E-state index in [0.717, 1.165) is 18.4 Å². The summed E-state index contributed by atoms with van der Waals surface area (Å²) >= 11 is 0. The summed E-state index contributed by atoms with van der Waals surface area (Å²) in [5, 5.41) is 0. The molecule has 0 bridgehead atoms. The van der Waals surface area contributed by atoms with E-state index in [1.807, 2.05) is 13.8 Å².